The highest BCUT2D eigenvalue weighted by molar-refractivity contribution is 8.26. The van der Waals surface area contributed by atoms with Crippen molar-refractivity contribution in [1.82, 2.24) is 4.90 Å². The maximum atomic E-state index is 12.8. The van der Waals surface area contributed by atoms with E-state index >= 15 is 0 Å². The summed E-state index contributed by atoms with van der Waals surface area (Å²) in [6.45, 7) is 0.244. The molecule has 0 unspecified atom stereocenters. The Morgan fingerprint density at radius 3 is 2.62 bits per heavy atom. The molecule has 1 heterocycles. The number of anilines is 1. The summed E-state index contributed by atoms with van der Waals surface area (Å²) in [7, 11) is 3.07. The van der Waals surface area contributed by atoms with Crippen molar-refractivity contribution in [3.63, 3.8) is 0 Å². The van der Waals surface area contributed by atoms with E-state index in [4.69, 9.17) is 21.7 Å². The van der Waals surface area contributed by atoms with Gasteiger partial charge in [0.25, 0.3) is 11.6 Å². The first-order valence-corrected chi connectivity index (χ1v) is 11.2. The summed E-state index contributed by atoms with van der Waals surface area (Å²) in [5.41, 5.74) is 0.533. The Bertz CT molecular complexity index is 1180. The molecule has 3 rings (SSSR count). The number of phenols is 1. The average molecular weight is 504 g/mol. The summed E-state index contributed by atoms with van der Waals surface area (Å²) in [5, 5.41) is 23.1. The van der Waals surface area contributed by atoms with Gasteiger partial charge in [0, 0.05) is 19.0 Å². The van der Waals surface area contributed by atoms with Gasteiger partial charge in [0.1, 0.15) is 10.1 Å². The van der Waals surface area contributed by atoms with Crippen LogP contribution in [0.4, 0.5) is 11.4 Å². The highest BCUT2D eigenvalue weighted by atomic mass is 32.2. The number of ether oxygens (including phenoxy) is 2. The van der Waals surface area contributed by atoms with Gasteiger partial charge >= 0.3 is 0 Å². The van der Waals surface area contributed by atoms with Crippen molar-refractivity contribution in [2.75, 3.05) is 26.1 Å². The fraction of sp³-hybridized carbons (Fsp3) is 0.227. The van der Waals surface area contributed by atoms with Crippen LogP contribution in [0.5, 0.6) is 17.2 Å². The van der Waals surface area contributed by atoms with Crippen molar-refractivity contribution in [3.05, 3.63) is 57.0 Å². The Morgan fingerprint density at radius 1 is 1.24 bits per heavy atom. The minimum atomic E-state index is -0.646. The second kappa shape index (κ2) is 11.0. The van der Waals surface area contributed by atoms with E-state index in [1.54, 1.807) is 24.3 Å². The zero-order valence-corrected chi connectivity index (χ0v) is 19.9. The minimum Gasteiger partial charge on any atom is -0.506 e. The van der Waals surface area contributed by atoms with Gasteiger partial charge in [-0.15, -0.1) is 0 Å². The molecule has 2 aromatic rings. The van der Waals surface area contributed by atoms with E-state index in [1.165, 1.54) is 43.0 Å². The topological polar surface area (TPSA) is 131 Å². The van der Waals surface area contributed by atoms with Crippen LogP contribution < -0.4 is 14.8 Å². The molecular formula is C22H21N3O7S2. The number of thioether (sulfide) groups is 1. The molecule has 1 aliphatic heterocycles. The second-order valence-corrected chi connectivity index (χ2v) is 8.73. The van der Waals surface area contributed by atoms with Crippen LogP contribution >= 0.6 is 24.0 Å². The zero-order chi connectivity index (χ0) is 24.8. The van der Waals surface area contributed by atoms with Crippen molar-refractivity contribution in [2.24, 2.45) is 0 Å². The largest absolute Gasteiger partial charge is 0.506 e. The Morgan fingerprint density at radius 2 is 1.97 bits per heavy atom. The number of rotatable bonds is 9. The van der Waals surface area contributed by atoms with Crippen molar-refractivity contribution in [2.45, 2.75) is 12.8 Å². The fourth-order valence-electron chi connectivity index (χ4n) is 3.14. The van der Waals surface area contributed by atoms with Crippen LogP contribution in [-0.4, -0.2) is 51.8 Å². The number of nitrogens with one attached hydrogen (secondary N) is 1. The average Bonchev–Trinajstić information content (AvgIpc) is 3.07. The third-order valence-electron chi connectivity index (χ3n) is 4.83. The van der Waals surface area contributed by atoms with Crippen molar-refractivity contribution in [3.8, 4) is 17.2 Å². The first-order chi connectivity index (χ1) is 16.2. The lowest BCUT2D eigenvalue weighted by atomic mass is 10.2. The molecule has 0 aliphatic carbocycles. The predicted octanol–water partition coefficient (Wildman–Crippen LogP) is 3.94. The van der Waals surface area contributed by atoms with E-state index in [2.05, 4.69) is 5.32 Å². The maximum absolute atomic E-state index is 12.8. The van der Waals surface area contributed by atoms with Gasteiger partial charge < -0.3 is 19.9 Å². The highest BCUT2D eigenvalue weighted by Crippen LogP contribution is 2.35. The lowest BCUT2D eigenvalue weighted by molar-refractivity contribution is -0.384. The van der Waals surface area contributed by atoms with Crippen molar-refractivity contribution < 1.29 is 29.1 Å². The van der Waals surface area contributed by atoms with Crippen LogP contribution in [0, 0.1) is 10.1 Å². The van der Waals surface area contributed by atoms with Crippen molar-refractivity contribution >= 4 is 57.6 Å². The molecule has 178 valence electrons. The Labute approximate surface area is 204 Å². The van der Waals surface area contributed by atoms with Crippen LogP contribution in [0.2, 0.25) is 0 Å². The molecular weight excluding hydrogens is 482 g/mol. The normalized spacial score (nSPS) is 14.4. The summed E-state index contributed by atoms with van der Waals surface area (Å²) in [6.07, 6.45) is 2.10. The second-order valence-electron chi connectivity index (χ2n) is 7.06. The first-order valence-electron chi connectivity index (χ1n) is 9.98. The van der Waals surface area contributed by atoms with Gasteiger partial charge in [-0.3, -0.25) is 24.6 Å². The molecule has 0 saturated carbocycles. The first kappa shape index (κ1) is 25.0. The number of non-ortho nitro benzene ring substituents is 1. The van der Waals surface area contributed by atoms with Gasteiger partial charge in [-0.2, -0.15) is 0 Å². The third kappa shape index (κ3) is 5.83. The van der Waals surface area contributed by atoms with Crippen LogP contribution in [0.1, 0.15) is 18.4 Å². The Kier molecular flexibility index (Phi) is 8.08. The van der Waals surface area contributed by atoms with Gasteiger partial charge in [-0.1, -0.05) is 30.0 Å². The Balaban J connectivity index is 1.57. The molecule has 0 bridgehead atoms. The van der Waals surface area contributed by atoms with E-state index in [1.807, 2.05) is 0 Å². The SMILES string of the molecule is COc1ccc(C=C2SC(=S)N(CCCC(=O)Nc3ccc([N+](=O)[O-])cc3O)C2=O)cc1OC. The number of amides is 2. The van der Waals surface area contributed by atoms with Gasteiger partial charge in [0.15, 0.2) is 11.5 Å². The summed E-state index contributed by atoms with van der Waals surface area (Å²) in [4.78, 5) is 37.0. The molecule has 10 nitrogen and oxygen atoms in total. The number of phenolic OH excluding ortho intramolecular Hbond substituents is 1. The number of thiocarbonyl (C=S) groups is 1. The van der Waals surface area contributed by atoms with Crippen LogP contribution in [0.3, 0.4) is 0 Å². The molecule has 2 aromatic carbocycles. The molecule has 1 aliphatic rings. The zero-order valence-electron chi connectivity index (χ0n) is 18.3. The number of carbonyl (C=O) groups is 2. The number of nitro groups is 1. The molecule has 0 aromatic heterocycles. The maximum Gasteiger partial charge on any atom is 0.273 e. The van der Waals surface area contributed by atoms with Gasteiger partial charge in [0.2, 0.25) is 5.91 Å². The van der Waals surface area contributed by atoms with E-state index in [0.717, 1.165) is 11.6 Å². The molecule has 1 saturated heterocycles. The molecule has 2 amide bonds. The number of carbonyl (C=O) groups excluding carboxylic acids is 2. The third-order valence-corrected chi connectivity index (χ3v) is 6.21. The Hall–Kier alpha value is -3.64. The van der Waals surface area contributed by atoms with Gasteiger partial charge in [-0.25, -0.2) is 0 Å². The molecule has 34 heavy (non-hydrogen) atoms. The lowest BCUT2D eigenvalue weighted by Gasteiger charge is -2.14. The summed E-state index contributed by atoms with van der Waals surface area (Å²) >= 11 is 6.50. The monoisotopic (exact) mass is 503 g/mol. The van der Waals surface area contributed by atoms with Crippen LogP contribution in [-0.2, 0) is 9.59 Å². The van der Waals surface area contributed by atoms with Crippen molar-refractivity contribution in [1.29, 1.82) is 0 Å². The summed E-state index contributed by atoms with van der Waals surface area (Å²) in [5.74, 6) is 0.0535. The number of aromatic hydroxyl groups is 1. The predicted molar refractivity (Wildman–Crippen MR) is 132 cm³/mol. The number of nitrogens with zero attached hydrogens (tertiary/aromatic N) is 2. The quantitative estimate of drug-likeness (QED) is 0.172. The molecule has 0 spiro atoms. The standard InChI is InChI=1S/C22H21N3O7S2/c1-31-17-8-5-13(10-18(17)32-2)11-19-21(28)24(22(33)34-19)9-3-4-20(27)23-15-7-6-14(25(29)30)12-16(15)26/h5-8,10-12,26H,3-4,9H2,1-2H3,(H,23,27). The van der Waals surface area contributed by atoms with E-state index in [9.17, 15) is 24.8 Å². The van der Waals surface area contributed by atoms with E-state index in [0.29, 0.717) is 27.1 Å². The molecule has 1 fully saturated rings. The summed E-state index contributed by atoms with van der Waals surface area (Å²) in [6, 6.07) is 8.69. The smallest absolute Gasteiger partial charge is 0.273 e. The van der Waals surface area contributed by atoms with Crippen LogP contribution in [0.25, 0.3) is 6.08 Å². The van der Waals surface area contributed by atoms with Gasteiger partial charge in [0.05, 0.1) is 35.8 Å². The minimum absolute atomic E-state index is 0.0578. The van der Waals surface area contributed by atoms with E-state index < -0.39 is 16.6 Å². The number of hydrogen-bond donors (Lipinski definition) is 2. The molecule has 0 radical (unpaired) electrons. The number of benzene rings is 2. The molecule has 2 N–H and O–H groups in total. The number of hydrogen-bond acceptors (Lipinski definition) is 9. The fourth-order valence-corrected chi connectivity index (χ4v) is 4.45. The summed E-state index contributed by atoms with van der Waals surface area (Å²) < 4.78 is 10.9. The lowest BCUT2D eigenvalue weighted by Crippen LogP contribution is -2.29. The number of methoxy groups -OCH3 is 2. The highest BCUT2D eigenvalue weighted by Gasteiger charge is 2.31. The van der Waals surface area contributed by atoms with Gasteiger partial charge in [-0.05, 0) is 36.3 Å². The molecule has 12 heteroatoms. The molecule has 0 atom stereocenters. The number of nitro benzene ring substituents is 1. The van der Waals surface area contributed by atoms with Crippen LogP contribution in [0.15, 0.2) is 41.3 Å². The van der Waals surface area contributed by atoms with E-state index in [-0.39, 0.29) is 30.2 Å².